The van der Waals surface area contributed by atoms with Crippen molar-refractivity contribution in [1.82, 2.24) is 0 Å². The third kappa shape index (κ3) is 2.81. The van der Waals surface area contributed by atoms with Crippen LogP contribution in [0.1, 0.15) is 45.0 Å². The largest absolute Gasteiger partial charge is 0.496 e. The van der Waals surface area contributed by atoms with Gasteiger partial charge in [0, 0.05) is 0 Å². The zero-order chi connectivity index (χ0) is 15.7. The van der Waals surface area contributed by atoms with E-state index in [2.05, 4.69) is 52.0 Å². The van der Waals surface area contributed by atoms with Crippen LogP contribution in [0.3, 0.4) is 0 Å². The van der Waals surface area contributed by atoms with Gasteiger partial charge in [-0.25, -0.2) is 0 Å². The Bertz CT molecular complexity index is 648. The molecule has 0 aliphatic carbocycles. The van der Waals surface area contributed by atoms with Crippen molar-refractivity contribution in [2.24, 2.45) is 5.73 Å². The number of hydrogen-bond donors (Lipinski definition) is 1. The molecule has 0 amide bonds. The van der Waals surface area contributed by atoms with Crippen LogP contribution in [0.25, 0.3) is 0 Å². The molecule has 0 bridgehead atoms. The Kier molecular flexibility index (Phi) is 4.38. The number of ether oxygens (including phenoxy) is 1. The summed E-state index contributed by atoms with van der Waals surface area (Å²) in [6, 6.07) is 8.33. The van der Waals surface area contributed by atoms with Gasteiger partial charge < -0.3 is 10.5 Å². The minimum absolute atomic E-state index is 0.127. The topological polar surface area (TPSA) is 35.2 Å². The minimum Gasteiger partial charge on any atom is -0.496 e. The quantitative estimate of drug-likeness (QED) is 0.912. The Morgan fingerprint density at radius 3 is 1.95 bits per heavy atom. The summed E-state index contributed by atoms with van der Waals surface area (Å²) in [5, 5.41) is 0. The number of hydrogen-bond acceptors (Lipinski definition) is 2. The monoisotopic (exact) mass is 283 g/mol. The first-order valence-electron chi connectivity index (χ1n) is 7.34. The van der Waals surface area contributed by atoms with Crippen LogP contribution in [0.4, 0.5) is 0 Å². The van der Waals surface area contributed by atoms with Crippen LogP contribution in [-0.2, 0) is 0 Å². The molecule has 0 saturated carbocycles. The molecular formula is C19H25NO. The fourth-order valence-corrected chi connectivity index (χ4v) is 2.91. The fourth-order valence-electron chi connectivity index (χ4n) is 2.91. The molecular weight excluding hydrogens is 258 g/mol. The van der Waals surface area contributed by atoms with Gasteiger partial charge in [0.2, 0.25) is 0 Å². The van der Waals surface area contributed by atoms with Gasteiger partial charge in [0.05, 0.1) is 13.2 Å². The molecule has 0 fully saturated rings. The van der Waals surface area contributed by atoms with Crippen LogP contribution in [0.15, 0.2) is 24.3 Å². The van der Waals surface area contributed by atoms with E-state index in [1.807, 2.05) is 6.92 Å². The number of benzene rings is 2. The molecule has 2 aromatic rings. The average Bonchev–Trinajstić information content (AvgIpc) is 2.45. The number of methoxy groups -OCH3 is 1. The van der Waals surface area contributed by atoms with Crippen molar-refractivity contribution in [3.63, 3.8) is 0 Å². The first kappa shape index (κ1) is 15.6. The Balaban J connectivity index is 2.57. The smallest absolute Gasteiger partial charge is 0.122 e. The third-order valence-corrected chi connectivity index (χ3v) is 4.53. The molecule has 1 unspecified atom stereocenters. The van der Waals surface area contributed by atoms with E-state index in [0.717, 1.165) is 16.9 Å². The van der Waals surface area contributed by atoms with Crippen LogP contribution in [0, 0.1) is 34.6 Å². The summed E-state index contributed by atoms with van der Waals surface area (Å²) in [7, 11) is 1.70. The van der Waals surface area contributed by atoms with Crippen LogP contribution in [0.2, 0.25) is 0 Å². The molecule has 2 aromatic carbocycles. The lowest BCUT2D eigenvalue weighted by Gasteiger charge is -2.22. The van der Waals surface area contributed by atoms with E-state index < -0.39 is 0 Å². The standard InChI is InChI=1S/C19H25NO/c1-11-7-8-16(10-17(11)21-6)19(20)18-14(4)12(2)9-13(3)15(18)5/h7-10,19H,20H2,1-6H3. The molecule has 0 spiro atoms. The van der Waals surface area contributed by atoms with E-state index in [1.165, 1.54) is 27.8 Å². The summed E-state index contributed by atoms with van der Waals surface area (Å²) in [6.45, 7) is 10.6. The Labute approximate surface area is 127 Å². The van der Waals surface area contributed by atoms with E-state index >= 15 is 0 Å². The van der Waals surface area contributed by atoms with E-state index in [1.54, 1.807) is 7.11 Å². The minimum atomic E-state index is -0.127. The number of nitrogens with two attached hydrogens (primary N) is 1. The average molecular weight is 283 g/mol. The van der Waals surface area contributed by atoms with Gasteiger partial charge >= 0.3 is 0 Å². The summed E-state index contributed by atoms with van der Waals surface area (Å²) < 4.78 is 5.42. The van der Waals surface area contributed by atoms with Gasteiger partial charge in [-0.2, -0.15) is 0 Å². The SMILES string of the molecule is COc1cc(C(N)c2c(C)c(C)cc(C)c2C)ccc1C. The summed E-state index contributed by atoms with van der Waals surface area (Å²) in [4.78, 5) is 0. The summed E-state index contributed by atoms with van der Waals surface area (Å²) in [5.41, 5.74) is 15.2. The lowest BCUT2D eigenvalue weighted by Crippen LogP contribution is -2.16. The van der Waals surface area contributed by atoms with Gasteiger partial charge in [0.25, 0.3) is 0 Å². The van der Waals surface area contributed by atoms with Gasteiger partial charge in [-0.3, -0.25) is 0 Å². The normalized spacial score (nSPS) is 12.3. The maximum absolute atomic E-state index is 6.57. The van der Waals surface area contributed by atoms with E-state index in [-0.39, 0.29) is 6.04 Å². The van der Waals surface area contributed by atoms with Gasteiger partial charge in [-0.1, -0.05) is 18.2 Å². The fraction of sp³-hybridized carbons (Fsp3) is 0.368. The van der Waals surface area contributed by atoms with E-state index in [4.69, 9.17) is 10.5 Å². The highest BCUT2D eigenvalue weighted by molar-refractivity contribution is 5.50. The Morgan fingerprint density at radius 1 is 0.857 bits per heavy atom. The van der Waals surface area contributed by atoms with Crippen molar-refractivity contribution in [2.45, 2.75) is 40.7 Å². The Morgan fingerprint density at radius 2 is 1.43 bits per heavy atom. The van der Waals surface area contributed by atoms with E-state index in [0.29, 0.717) is 0 Å². The highest BCUT2D eigenvalue weighted by Gasteiger charge is 2.17. The highest BCUT2D eigenvalue weighted by Crippen LogP contribution is 2.32. The lowest BCUT2D eigenvalue weighted by atomic mass is 9.87. The number of rotatable bonds is 3. The predicted octanol–water partition coefficient (Wildman–Crippen LogP) is 4.29. The van der Waals surface area contributed by atoms with Crippen molar-refractivity contribution in [3.8, 4) is 5.75 Å². The molecule has 0 aliphatic rings. The summed E-state index contributed by atoms with van der Waals surface area (Å²) in [5.74, 6) is 0.891. The molecule has 112 valence electrons. The van der Waals surface area contributed by atoms with Crippen molar-refractivity contribution in [3.05, 3.63) is 63.2 Å². The molecule has 2 heteroatoms. The second-order valence-corrected chi connectivity index (χ2v) is 5.88. The second kappa shape index (κ2) is 5.90. The van der Waals surface area contributed by atoms with Crippen LogP contribution in [-0.4, -0.2) is 7.11 Å². The van der Waals surface area contributed by atoms with Crippen LogP contribution < -0.4 is 10.5 Å². The second-order valence-electron chi connectivity index (χ2n) is 5.88. The van der Waals surface area contributed by atoms with Crippen LogP contribution in [0.5, 0.6) is 5.75 Å². The zero-order valence-corrected chi connectivity index (χ0v) is 13.9. The molecule has 0 heterocycles. The molecule has 21 heavy (non-hydrogen) atoms. The molecule has 2 N–H and O–H groups in total. The molecule has 0 radical (unpaired) electrons. The third-order valence-electron chi connectivity index (χ3n) is 4.53. The maximum atomic E-state index is 6.57. The lowest BCUT2D eigenvalue weighted by molar-refractivity contribution is 0.411. The molecule has 2 nitrogen and oxygen atoms in total. The highest BCUT2D eigenvalue weighted by atomic mass is 16.5. The maximum Gasteiger partial charge on any atom is 0.122 e. The summed E-state index contributed by atoms with van der Waals surface area (Å²) >= 11 is 0. The van der Waals surface area contributed by atoms with Crippen molar-refractivity contribution in [2.75, 3.05) is 7.11 Å². The zero-order valence-electron chi connectivity index (χ0n) is 13.9. The molecule has 0 saturated heterocycles. The van der Waals surface area contributed by atoms with Crippen molar-refractivity contribution < 1.29 is 4.74 Å². The van der Waals surface area contributed by atoms with Gasteiger partial charge in [0.15, 0.2) is 0 Å². The molecule has 0 aromatic heterocycles. The molecule has 1 atom stereocenters. The van der Waals surface area contributed by atoms with E-state index in [9.17, 15) is 0 Å². The van der Waals surface area contributed by atoms with Crippen molar-refractivity contribution in [1.29, 1.82) is 0 Å². The Hall–Kier alpha value is -1.80. The van der Waals surface area contributed by atoms with Crippen LogP contribution >= 0.6 is 0 Å². The van der Waals surface area contributed by atoms with Gasteiger partial charge in [0.1, 0.15) is 5.75 Å². The van der Waals surface area contributed by atoms with Crippen molar-refractivity contribution >= 4 is 0 Å². The number of aryl methyl sites for hydroxylation is 3. The summed E-state index contributed by atoms with van der Waals surface area (Å²) in [6.07, 6.45) is 0. The first-order chi connectivity index (χ1) is 9.86. The first-order valence-corrected chi connectivity index (χ1v) is 7.34. The van der Waals surface area contributed by atoms with Gasteiger partial charge in [-0.15, -0.1) is 0 Å². The molecule has 2 rings (SSSR count). The molecule has 0 aliphatic heterocycles. The predicted molar refractivity (Wildman–Crippen MR) is 89.2 cm³/mol. The van der Waals surface area contributed by atoms with Gasteiger partial charge in [-0.05, 0) is 79.6 Å².